The number of aliphatic hydroxyl groups is 1. The molecule has 110 valence electrons. The van der Waals surface area contributed by atoms with Crippen LogP contribution < -0.4 is 0 Å². The number of halogens is 2. The Bertz CT molecular complexity index is 464. The topological polar surface area (TPSA) is 20.2 Å². The van der Waals surface area contributed by atoms with Crippen LogP contribution >= 0.6 is 0 Å². The molecular weight excluding hydrogens is 274 g/mol. The van der Waals surface area contributed by atoms with Crippen LogP contribution in [0.15, 0.2) is 30.3 Å². The van der Waals surface area contributed by atoms with E-state index in [0.717, 1.165) is 18.1 Å². The molecule has 0 bridgehead atoms. The zero-order chi connectivity index (χ0) is 15.2. The van der Waals surface area contributed by atoms with Crippen molar-refractivity contribution in [2.24, 2.45) is 0 Å². The molecule has 1 rings (SSSR count). The van der Waals surface area contributed by atoms with Crippen molar-refractivity contribution in [2.45, 2.75) is 50.9 Å². The van der Waals surface area contributed by atoms with Crippen LogP contribution in [0, 0.1) is 11.5 Å². The average Bonchev–Trinajstić information content (AvgIpc) is 2.49. The Morgan fingerprint density at radius 2 is 1.60 bits per heavy atom. The van der Waals surface area contributed by atoms with E-state index >= 15 is 0 Å². The molecule has 1 aromatic carbocycles. The molecule has 0 saturated heterocycles. The van der Waals surface area contributed by atoms with Gasteiger partial charge in [0.25, 0.3) is 0 Å². The smallest absolute Gasteiger partial charge is 0.336 e. The Kier molecular flexibility index (Phi) is 5.91. The van der Waals surface area contributed by atoms with E-state index in [1.807, 2.05) is 20.8 Å². The van der Waals surface area contributed by atoms with E-state index in [0.29, 0.717) is 0 Å². The first-order chi connectivity index (χ1) is 9.40. The third-order valence-corrected chi connectivity index (χ3v) is 8.70. The molecule has 1 N–H and O–H groups in total. The van der Waals surface area contributed by atoms with E-state index in [1.165, 1.54) is 12.1 Å². The summed E-state index contributed by atoms with van der Waals surface area (Å²) in [6.07, 6.45) is -1.87. The highest BCUT2D eigenvalue weighted by Gasteiger charge is 2.38. The van der Waals surface area contributed by atoms with Crippen LogP contribution in [0.4, 0.5) is 8.78 Å². The lowest BCUT2D eigenvalue weighted by molar-refractivity contribution is -0.0635. The number of aliphatic hydroxyl groups excluding tert-OH is 1. The molecule has 0 amide bonds. The van der Waals surface area contributed by atoms with E-state index in [9.17, 15) is 13.9 Å². The first-order valence-electron chi connectivity index (χ1n) is 7.06. The molecule has 0 heterocycles. The number of alkyl halides is 2. The summed E-state index contributed by atoms with van der Waals surface area (Å²) in [5.41, 5.74) is 3.05. The monoisotopic (exact) mass is 296 g/mol. The molecule has 20 heavy (non-hydrogen) atoms. The molecule has 1 aromatic rings. The van der Waals surface area contributed by atoms with E-state index < -0.39 is 20.1 Å². The number of hydrogen-bond donors (Lipinski definition) is 1. The number of rotatable bonds is 5. The average molecular weight is 296 g/mol. The SMILES string of the molecule is CC[Si](C#CC(F)(F)C(O)c1ccccc1)(CC)CC. The summed E-state index contributed by atoms with van der Waals surface area (Å²) in [6.45, 7) is 6.04. The van der Waals surface area contributed by atoms with Crippen LogP contribution in [0.5, 0.6) is 0 Å². The summed E-state index contributed by atoms with van der Waals surface area (Å²) in [5.74, 6) is -1.32. The lowest BCUT2D eigenvalue weighted by Gasteiger charge is -2.22. The van der Waals surface area contributed by atoms with Gasteiger partial charge in [-0.3, -0.25) is 0 Å². The molecule has 0 spiro atoms. The maximum atomic E-state index is 14.0. The van der Waals surface area contributed by atoms with Crippen molar-refractivity contribution in [3.63, 3.8) is 0 Å². The maximum absolute atomic E-state index is 14.0. The largest absolute Gasteiger partial charge is 0.381 e. The normalized spacial score (nSPS) is 13.5. The Hall–Kier alpha value is -1.18. The Morgan fingerprint density at radius 3 is 2.05 bits per heavy atom. The number of hydrogen-bond acceptors (Lipinski definition) is 1. The van der Waals surface area contributed by atoms with E-state index in [1.54, 1.807) is 18.2 Å². The lowest BCUT2D eigenvalue weighted by atomic mass is 10.0. The van der Waals surface area contributed by atoms with Gasteiger partial charge in [-0.25, -0.2) is 0 Å². The van der Waals surface area contributed by atoms with Gasteiger partial charge in [-0.15, -0.1) is 5.54 Å². The van der Waals surface area contributed by atoms with Crippen molar-refractivity contribution in [1.82, 2.24) is 0 Å². The Morgan fingerprint density at radius 1 is 1.10 bits per heavy atom. The minimum absolute atomic E-state index is 0.198. The van der Waals surface area contributed by atoms with Crippen molar-refractivity contribution < 1.29 is 13.9 Å². The summed E-state index contributed by atoms with van der Waals surface area (Å²) in [6, 6.07) is 10.6. The molecule has 0 aliphatic carbocycles. The summed E-state index contributed by atoms with van der Waals surface area (Å²) in [7, 11) is -1.93. The summed E-state index contributed by atoms with van der Waals surface area (Å²) < 4.78 is 28.1. The van der Waals surface area contributed by atoms with E-state index in [4.69, 9.17) is 0 Å². The van der Waals surface area contributed by atoms with Crippen LogP contribution in [0.2, 0.25) is 18.1 Å². The highest BCUT2D eigenvalue weighted by atomic mass is 28.3. The fraction of sp³-hybridized carbons (Fsp3) is 0.500. The minimum atomic E-state index is -3.40. The van der Waals surface area contributed by atoms with Crippen LogP contribution in [0.1, 0.15) is 32.4 Å². The standard InChI is InChI=1S/C16H22F2OSi/c1-4-20(5-2,6-3)13-12-16(17,18)15(19)14-10-8-7-9-11-14/h7-11,15,19H,4-6H2,1-3H3. The molecule has 0 aliphatic heterocycles. The van der Waals surface area contributed by atoms with Gasteiger partial charge in [0.15, 0.2) is 6.10 Å². The van der Waals surface area contributed by atoms with Crippen LogP contribution in [-0.4, -0.2) is 19.1 Å². The van der Waals surface area contributed by atoms with Gasteiger partial charge in [-0.1, -0.05) is 51.1 Å². The highest BCUT2D eigenvalue weighted by molar-refractivity contribution is 6.87. The van der Waals surface area contributed by atoms with Crippen LogP contribution in [0.3, 0.4) is 0 Å². The summed E-state index contributed by atoms with van der Waals surface area (Å²) >= 11 is 0. The quantitative estimate of drug-likeness (QED) is 0.630. The highest BCUT2D eigenvalue weighted by Crippen LogP contribution is 2.31. The first kappa shape index (κ1) is 16.9. The summed E-state index contributed by atoms with van der Waals surface area (Å²) in [5, 5.41) is 9.83. The molecule has 4 heteroatoms. The molecule has 1 nitrogen and oxygen atoms in total. The molecule has 0 aromatic heterocycles. The third-order valence-electron chi connectivity index (χ3n) is 3.98. The van der Waals surface area contributed by atoms with Crippen molar-refractivity contribution in [3.05, 3.63) is 35.9 Å². The molecular formula is C16H22F2OSi. The van der Waals surface area contributed by atoms with Gasteiger partial charge < -0.3 is 5.11 Å². The first-order valence-corrected chi connectivity index (χ1v) is 9.68. The van der Waals surface area contributed by atoms with Gasteiger partial charge >= 0.3 is 5.92 Å². The van der Waals surface area contributed by atoms with Crippen LogP contribution in [0.25, 0.3) is 0 Å². The van der Waals surface area contributed by atoms with Crippen molar-refractivity contribution in [1.29, 1.82) is 0 Å². The maximum Gasteiger partial charge on any atom is 0.336 e. The van der Waals surface area contributed by atoms with Gasteiger partial charge in [-0.05, 0) is 29.6 Å². The third kappa shape index (κ3) is 3.91. The predicted molar refractivity (Wildman–Crippen MR) is 81.3 cm³/mol. The molecule has 1 atom stereocenters. The second kappa shape index (κ2) is 7.01. The van der Waals surface area contributed by atoms with Crippen molar-refractivity contribution >= 4 is 8.07 Å². The minimum Gasteiger partial charge on any atom is -0.381 e. The fourth-order valence-electron chi connectivity index (χ4n) is 2.14. The fourth-order valence-corrected chi connectivity index (χ4v) is 4.61. The van der Waals surface area contributed by atoms with E-state index in [-0.39, 0.29) is 5.56 Å². The molecule has 0 radical (unpaired) electrons. The summed E-state index contributed by atoms with van der Waals surface area (Å²) in [4.78, 5) is 0. The van der Waals surface area contributed by atoms with Crippen LogP contribution in [-0.2, 0) is 0 Å². The van der Waals surface area contributed by atoms with Gasteiger partial charge in [0.1, 0.15) is 8.07 Å². The molecule has 0 fully saturated rings. The van der Waals surface area contributed by atoms with Gasteiger partial charge in [0, 0.05) is 0 Å². The zero-order valence-corrected chi connectivity index (χ0v) is 13.3. The zero-order valence-electron chi connectivity index (χ0n) is 12.3. The number of benzene rings is 1. The second-order valence-corrected chi connectivity index (χ2v) is 9.96. The van der Waals surface area contributed by atoms with Gasteiger partial charge in [0.05, 0.1) is 0 Å². The molecule has 0 saturated carbocycles. The van der Waals surface area contributed by atoms with Gasteiger partial charge in [-0.2, -0.15) is 8.78 Å². The predicted octanol–water partition coefficient (Wildman–Crippen LogP) is 4.41. The van der Waals surface area contributed by atoms with Crippen molar-refractivity contribution in [3.8, 4) is 11.5 Å². The van der Waals surface area contributed by atoms with Gasteiger partial charge in [0.2, 0.25) is 0 Å². The second-order valence-electron chi connectivity index (χ2n) is 5.03. The Labute approximate surface area is 121 Å². The molecule has 0 aliphatic rings. The van der Waals surface area contributed by atoms with E-state index in [2.05, 4.69) is 11.5 Å². The molecule has 1 unspecified atom stereocenters. The Balaban J connectivity index is 3.01. The van der Waals surface area contributed by atoms with Crippen molar-refractivity contribution in [2.75, 3.05) is 0 Å². The lowest BCUT2D eigenvalue weighted by Crippen LogP contribution is -2.32.